The van der Waals surface area contributed by atoms with Gasteiger partial charge in [-0.25, -0.2) is 14.1 Å². The number of rotatable bonds is 2. The predicted octanol–water partition coefficient (Wildman–Crippen LogP) is 2.05. The van der Waals surface area contributed by atoms with Crippen LogP contribution in [-0.4, -0.2) is 19.7 Å². The van der Waals surface area contributed by atoms with Gasteiger partial charge in [-0.05, 0) is 18.2 Å². The first-order valence-corrected chi connectivity index (χ1v) is 5.61. The number of pyridine rings is 2. The van der Waals surface area contributed by atoms with E-state index in [0.29, 0.717) is 22.8 Å². The molecule has 0 unspecified atom stereocenters. The van der Waals surface area contributed by atoms with Crippen molar-refractivity contribution in [2.45, 2.75) is 0 Å². The number of hydrogen-bond donors (Lipinski definition) is 1. The lowest BCUT2D eigenvalue weighted by Gasteiger charge is -1.99. The van der Waals surface area contributed by atoms with Crippen LogP contribution in [0.3, 0.4) is 0 Å². The quantitative estimate of drug-likeness (QED) is 0.760. The zero-order valence-electron chi connectivity index (χ0n) is 9.86. The Labute approximate surface area is 108 Å². The minimum atomic E-state index is -0.427. The van der Waals surface area contributed by atoms with Gasteiger partial charge in [-0.1, -0.05) is 6.07 Å². The summed E-state index contributed by atoms with van der Waals surface area (Å²) >= 11 is 0. The molecule has 5 nitrogen and oxygen atoms in total. The highest BCUT2D eigenvalue weighted by atomic mass is 19.1. The SMILES string of the molecule is Nc1cn(-c2ccccn2)nc1-c1cncc(F)c1. The maximum Gasteiger partial charge on any atom is 0.153 e. The van der Waals surface area contributed by atoms with E-state index >= 15 is 0 Å². The van der Waals surface area contributed by atoms with Gasteiger partial charge >= 0.3 is 0 Å². The van der Waals surface area contributed by atoms with E-state index in [-0.39, 0.29) is 0 Å². The molecular formula is C13H10FN5. The Bertz CT molecular complexity index is 708. The second-order valence-corrected chi connectivity index (χ2v) is 3.96. The van der Waals surface area contributed by atoms with Crippen LogP contribution in [0.15, 0.2) is 49.1 Å². The Morgan fingerprint density at radius 2 is 2.11 bits per heavy atom. The molecule has 0 saturated carbocycles. The number of nitrogens with zero attached hydrogens (tertiary/aromatic N) is 4. The second-order valence-electron chi connectivity index (χ2n) is 3.96. The smallest absolute Gasteiger partial charge is 0.153 e. The fourth-order valence-corrected chi connectivity index (χ4v) is 1.76. The molecule has 0 fully saturated rings. The van der Waals surface area contributed by atoms with Crippen molar-refractivity contribution in [2.24, 2.45) is 0 Å². The molecule has 0 aromatic carbocycles. The van der Waals surface area contributed by atoms with Crippen LogP contribution in [0, 0.1) is 5.82 Å². The van der Waals surface area contributed by atoms with Crippen molar-refractivity contribution in [3.05, 3.63) is 54.9 Å². The third-order valence-corrected chi connectivity index (χ3v) is 2.60. The summed E-state index contributed by atoms with van der Waals surface area (Å²) < 4.78 is 14.7. The van der Waals surface area contributed by atoms with E-state index < -0.39 is 5.82 Å². The van der Waals surface area contributed by atoms with Crippen molar-refractivity contribution in [1.29, 1.82) is 0 Å². The van der Waals surface area contributed by atoms with Crippen LogP contribution in [0.1, 0.15) is 0 Å². The Morgan fingerprint density at radius 1 is 1.21 bits per heavy atom. The molecule has 3 heterocycles. The molecule has 0 aliphatic rings. The summed E-state index contributed by atoms with van der Waals surface area (Å²) in [5.41, 5.74) is 7.36. The lowest BCUT2D eigenvalue weighted by molar-refractivity contribution is 0.622. The van der Waals surface area contributed by atoms with E-state index in [9.17, 15) is 4.39 Å². The summed E-state index contributed by atoms with van der Waals surface area (Å²) in [6, 6.07) is 6.81. The summed E-state index contributed by atoms with van der Waals surface area (Å²) in [5.74, 6) is 0.217. The van der Waals surface area contributed by atoms with Crippen LogP contribution < -0.4 is 5.73 Å². The first-order valence-electron chi connectivity index (χ1n) is 5.61. The first kappa shape index (κ1) is 11.3. The molecule has 2 N–H and O–H groups in total. The summed E-state index contributed by atoms with van der Waals surface area (Å²) in [6.45, 7) is 0. The second kappa shape index (κ2) is 4.49. The molecule has 0 saturated heterocycles. The van der Waals surface area contributed by atoms with E-state index in [2.05, 4.69) is 15.1 Å². The minimum absolute atomic E-state index is 0.427. The number of aromatic nitrogens is 4. The number of halogens is 1. The topological polar surface area (TPSA) is 69.6 Å². The maximum atomic E-state index is 13.2. The Morgan fingerprint density at radius 3 is 2.84 bits per heavy atom. The zero-order chi connectivity index (χ0) is 13.2. The first-order chi connectivity index (χ1) is 9.24. The molecule has 94 valence electrons. The van der Waals surface area contributed by atoms with Crippen LogP contribution >= 0.6 is 0 Å². The third kappa shape index (κ3) is 2.15. The highest BCUT2D eigenvalue weighted by Crippen LogP contribution is 2.24. The van der Waals surface area contributed by atoms with Crippen LogP contribution in [-0.2, 0) is 0 Å². The van der Waals surface area contributed by atoms with Crippen LogP contribution in [0.4, 0.5) is 10.1 Å². The van der Waals surface area contributed by atoms with Crippen molar-refractivity contribution < 1.29 is 4.39 Å². The van der Waals surface area contributed by atoms with Gasteiger partial charge in [0.1, 0.15) is 11.5 Å². The number of nitrogens with two attached hydrogens (primary N) is 1. The van der Waals surface area contributed by atoms with Gasteiger partial charge in [0, 0.05) is 18.0 Å². The molecule has 0 aliphatic heterocycles. The fraction of sp³-hybridized carbons (Fsp3) is 0. The van der Waals surface area contributed by atoms with Crippen LogP contribution in [0.25, 0.3) is 17.1 Å². The molecule has 0 amide bonds. The van der Waals surface area contributed by atoms with E-state index in [4.69, 9.17) is 5.73 Å². The van der Waals surface area contributed by atoms with Crippen LogP contribution in [0.2, 0.25) is 0 Å². The fourth-order valence-electron chi connectivity index (χ4n) is 1.76. The van der Waals surface area contributed by atoms with Crippen molar-refractivity contribution in [2.75, 3.05) is 5.73 Å². The van der Waals surface area contributed by atoms with Gasteiger partial charge in [0.25, 0.3) is 0 Å². The van der Waals surface area contributed by atoms with Gasteiger partial charge in [-0.15, -0.1) is 0 Å². The molecule has 0 spiro atoms. The Kier molecular flexibility index (Phi) is 2.68. The number of hydrogen-bond acceptors (Lipinski definition) is 4. The summed E-state index contributed by atoms with van der Waals surface area (Å²) in [7, 11) is 0. The van der Waals surface area contributed by atoms with Gasteiger partial charge in [0.2, 0.25) is 0 Å². The van der Waals surface area contributed by atoms with Gasteiger partial charge in [-0.3, -0.25) is 4.98 Å². The Balaban J connectivity index is 2.08. The number of anilines is 1. The highest BCUT2D eigenvalue weighted by Gasteiger charge is 2.11. The lowest BCUT2D eigenvalue weighted by atomic mass is 10.2. The molecule has 6 heteroatoms. The summed E-state index contributed by atoms with van der Waals surface area (Å²) in [4.78, 5) is 7.96. The molecule has 3 aromatic heterocycles. The molecule has 0 radical (unpaired) electrons. The Hall–Kier alpha value is -2.76. The van der Waals surface area contributed by atoms with Gasteiger partial charge < -0.3 is 5.73 Å². The summed E-state index contributed by atoms with van der Waals surface area (Å²) in [5, 5.41) is 4.31. The van der Waals surface area contributed by atoms with E-state index in [1.807, 2.05) is 12.1 Å². The average Bonchev–Trinajstić information content (AvgIpc) is 2.82. The normalized spacial score (nSPS) is 10.6. The zero-order valence-corrected chi connectivity index (χ0v) is 9.86. The lowest BCUT2D eigenvalue weighted by Crippen LogP contribution is -1.97. The monoisotopic (exact) mass is 255 g/mol. The van der Waals surface area contributed by atoms with E-state index in [0.717, 1.165) is 6.20 Å². The van der Waals surface area contributed by atoms with Crippen molar-refractivity contribution >= 4 is 5.69 Å². The molecule has 3 aromatic rings. The molecular weight excluding hydrogens is 245 g/mol. The maximum absolute atomic E-state index is 13.2. The minimum Gasteiger partial charge on any atom is -0.396 e. The third-order valence-electron chi connectivity index (χ3n) is 2.60. The standard InChI is InChI=1S/C13H10FN5/c14-10-5-9(6-16-7-10)13-11(15)8-19(18-13)12-3-1-2-4-17-12/h1-8H,15H2. The molecule has 0 aliphatic carbocycles. The van der Waals surface area contributed by atoms with E-state index in [1.165, 1.54) is 12.3 Å². The average molecular weight is 255 g/mol. The number of nitrogen functional groups attached to an aromatic ring is 1. The molecule has 0 bridgehead atoms. The van der Waals surface area contributed by atoms with E-state index in [1.54, 1.807) is 23.1 Å². The van der Waals surface area contributed by atoms with Crippen LogP contribution in [0.5, 0.6) is 0 Å². The van der Waals surface area contributed by atoms with Gasteiger partial charge in [0.05, 0.1) is 18.1 Å². The van der Waals surface area contributed by atoms with Crippen molar-refractivity contribution in [3.8, 4) is 17.1 Å². The molecule has 0 atom stereocenters. The van der Waals surface area contributed by atoms with Crippen molar-refractivity contribution in [1.82, 2.24) is 19.7 Å². The van der Waals surface area contributed by atoms with Crippen molar-refractivity contribution in [3.63, 3.8) is 0 Å². The van der Waals surface area contributed by atoms with Gasteiger partial charge in [0.15, 0.2) is 5.82 Å². The molecule has 19 heavy (non-hydrogen) atoms. The van der Waals surface area contributed by atoms with Gasteiger partial charge in [-0.2, -0.15) is 5.10 Å². The largest absolute Gasteiger partial charge is 0.396 e. The predicted molar refractivity (Wildman–Crippen MR) is 69.0 cm³/mol. The summed E-state index contributed by atoms with van der Waals surface area (Å²) in [6.07, 6.45) is 5.96. The molecule has 3 rings (SSSR count). The highest BCUT2D eigenvalue weighted by molar-refractivity contribution is 5.71.